The average molecular weight is 193 g/mol. The van der Waals surface area contributed by atoms with E-state index in [1.807, 2.05) is 25.1 Å². The van der Waals surface area contributed by atoms with Crippen LogP contribution < -0.4 is 15.9 Å². The number of amidine groups is 1. The summed E-state index contributed by atoms with van der Waals surface area (Å²) in [6, 6.07) is 5.69. The summed E-state index contributed by atoms with van der Waals surface area (Å²) < 4.78 is 5.14. The van der Waals surface area contributed by atoms with Gasteiger partial charge in [0.2, 0.25) is 0 Å². The van der Waals surface area contributed by atoms with Crippen LogP contribution in [-0.2, 0) is 0 Å². The van der Waals surface area contributed by atoms with Gasteiger partial charge in [0.25, 0.3) is 0 Å². The van der Waals surface area contributed by atoms with Crippen LogP contribution in [0.25, 0.3) is 0 Å². The lowest BCUT2D eigenvalue weighted by atomic mass is 10.1. The van der Waals surface area contributed by atoms with Crippen molar-refractivity contribution in [1.82, 2.24) is 5.43 Å². The second kappa shape index (κ2) is 4.50. The fourth-order valence-electron chi connectivity index (χ4n) is 1.22. The first-order valence-corrected chi connectivity index (χ1v) is 4.34. The molecule has 3 N–H and O–H groups in total. The van der Waals surface area contributed by atoms with Crippen LogP contribution in [0.4, 0.5) is 0 Å². The molecule has 0 aliphatic heterocycles. The number of benzene rings is 1. The van der Waals surface area contributed by atoms with Crippen LogP contribution in [0.15, 0.2) is 23.3 Å². The second-order valence-electron chi connectivity index (χ2n) is 2.91. The third-order valence-corrected chi connectivity index (χ3v) is 1.92. The van der Waals surface area contributed by atoms with Gasteiger partial charge in [-0.1, -0.05) is 0 Å². The lowest BCUT2D eigenvalue weighted by Gasteiger charge is -2.06. The molecule has 76 valence electrons. The second-order valence-corrected chi connectivity index (χ2v) is 2.91. The number of hydrogen-bond donors (Lipinski definition) is 2. The molecular weight excluding hydrogens is 178 g/mol. The first-order chi connectivity index (χ1) is 6.69. The Hall–Kier alpha value is -1.71. The smallest absolute Gasteiger partial charge is 0.150 e. The fourth-order valence-corrected chi connectivity index (χ4v) is 1.22. The first-order valence-electron chi connectivity index (χ1n) is 4.34. The molecule has 0 unspecified atom stereocenters. The van der Waals surface area contributed by atoms with Crippen LogP contribution in [0.5, 0.6) is 5.75 Å². The van der Waals surface area contributed by atoms with Gasteiger partial charge in [0, 0.05) is 12.6 Å². The van der Waals surface area contributed by atoms with E-state index in [-0.39, 0.29) is 0 Å². The molecule has 0 bridgehead atoms. The summed E-state index contributed by atoms with van der Waals surface area (Å²) in [6.45, 7) is 1.97. The van der Waals surface area contributed by atoms with Gasteiger partial charge in [-0.3, -0.25) is 0 Å². The number of nitrogens with zero attached hydrogens (tertiary/aromatic N) is 1. The topological polar surface area (TPSA) is 59.6 Å². The molecule has 1 aromatic rings. The van der Waals surface area contributed by atoms with Crippen molar-refractivity contribution < 1.29 is 4.74 Å². The summed E-state index contributed by atoms with van der Waals surface area (Å²) in [6.07, 6.45) is 0. The van der Waals surface area contributed by atoms with E-state index in [0.717, 1.165) is 16.9 Å². The van der Waals surface area contributed by atoms with Crippen molar-refractivity contribution in [3.8, 4) is 5.75 Å². The van der Waals surface area contributed by atoms with Crippen molar-refractivity contribution in [2.75, 3.05) is 14.2 Å². The van der Waals surface area contributed by atoms with Crippen LogP contribution in [0.2, 0.25) is 0 Å². The SMILES string of the molecule is CN/N=C(\N)c1ccc(OC)c(C)c1. The molecule has 0 amide bonds. The molecule has 0 saturated heterocycles. The van der Waals surface area contributed by atoms with Gasteiger partial charge >= 0.3 is 0 Å². The Balaban J connectivity index is 3.02. The van der Waals surface area contributed by atoms with Gasteiger partial charge in [-0.05, 0) is 30.7 Å². The van der Waals surface area contributed by atoms with Crippen LogP contribution >= 0.6 is 0 Å². The maximum Gasteiger partial charge on any atom is 0.150 e. The minimum absolute atomic E-state index is 0.471. The molecule has 0 aromatic heterocycles. The highest BCUT2D eigenvalue weighted by molar-refractivity contribution is 5.97. The van der Waals surface area contributed by atoms with Gasteiger partial charge in [0.1, 0.15) is 5.75 Å². The average Bonchev–Trinajstić information content (AvgIpc) is 2.18. The predicted molar refractivity (Wildman–Crippen MR) is 57.5 cm³/mol. The summed E-state index contributed by atoms with van der Waals surface area (Å²) >= 11 is 0. The number of hydrazone groups is 1. The Kier molecular flexibility index (Phi) is 3.34. The van der Waals surface area contributed by atoms with Crippen molar-refractivity contribution in [3.05, 3.63) is 29.3 Å². The van der Waals surface area contributed by atoms with Crippen molar-refractivity contribution in [3.63, 3.8) is 0 Å². The third kappa shape index (κ3) is 2.16. The van der Waals surface area contributed by atoms with Gasteiger partial charge in [-0.2, -0.15) is 5.10 Å². The van der Waals surface area contributed by atoms with Crippen LogP contribution in [0.1, 0.15) is 11.1 Å². The third-order valence-electron chi connectivity index (χ3n) is 1.92. The number of rotatable bonds is 3. The van der Waals surface area contributed by atoms with Gasteiger partial charge in [0.15, 0.2) is 5.84 Å². The normalized spacial score (nSPS) is 11.2. The Labute approximate surface area is 83.8 Å². The zero-order valence-corrected chi connectivity index (χ0v) is 8.66. The standard InChI is InChI=1S/C10H15N3O/c1-7-6-8(10(11)13-12-2)4-5-9(7)14-3/h4-6,12H,1-3H3,(H2,11,13). The van der Waals surface area contributed by atoms with Crippen LogP contribution in [-0.4, -0.2) is 20.0 Å². The van der Waals surface area contributed by atoms with Gasteiger partial charge in [0.05, 0.1) is 7.11 Å². The molecule has 0 aliphatic carbocycles. The molecule has 4 heteroatoms. The van der Waals surface area contributed by atoms with E-state index in [0.29, 0.717) is 5.84 Å². The molecule has 0 atom stereocenters. The summed E-state index contributed by atoms with van der Waals surface area (Å²) in [5.41, 5.74) is 10.3. The van der Waals surface area contributed by atoms with E-state index in [4.69, 9.17) is 10.5 Å². The zero-order chi connectivity index (χ0) is 10.6. The molecule has 0 aliphatic rings. The lowest BCUT2D eigenvalue weighted by Crippen LogP contribution is -2.17. The van der Waals surface area contributed by atoms with Crippen molar-refractivity contribution in [2.24, 2.45) is 10.8 Å². The quantitative estimate of drug-likeness (QED) is 0.425. The summed E-state index contributed by atoms with van der Waals surface area (Å²) in [4.78, 5) is 0. The van der Waals surface area contributed by atoms with Gasteiger partial charge in [-0.25, -0.2) is 0 Å². The number of methoxy groups -OCH3 is 1. The van der Waals surface area contributed by atoms with E-state index in [1.165, 1.54) is 0 Å². The van der Waals surface area contributed by atoms with E-state index >= 15 is 0 Å². The fraction of sp³-hybridized carbons (Fsp3) is 0.300. The highest BCUT2D eigenvalue weighted by atomic mass is 16.5. The van der Waals surface area contributed by atoms with Crippen molar-refractivity contribution in [1.29, 1.82) is 0 Å². The molecule has 1 rings (SSSR count). The van der Waals surface area contributed by atoms with E-state index in [1.54, 1.807) is 14.2 Å². The van der Waals surface area contributed by atoms with Gasteiger partial charge in [-0.15, -0.1) is 0 Å². The number of nitrogens with two attached hydrogens (primary N) is 1. The molecule has 0 fully saturated rings. The molecule has 14 heavy (non-hydrogen) atoms. The highest BCUT2D eigenvalue weighted by Crippen LogP contribution is 2.18. The minimum atomic E-state index is 0.471. The van der Waals surface area contributed by atoms with Crippen LogP contribution in [0.3, 0.4) is 0 Å². The highest BCUT2D eigenvalue weighted by Gasteiger charge is 2.02. The number of ether oxygens (including phenoxy) is 1. The number of hydrogen-bond acceptors (Lipinski definition) is 3. The van der Waals surface area contributed by atoms with E-state index < -0.39 is 0 Å². The Morgan fingerprint density at radius 1 is 1.50 bits per heavy atom. The van der Waals surface area contributed by atoms with Gasteiger partial charge < -0.3 is 15.9 Å². The van der Waals surface area contributed by atoms with E-state index in [9.17, 15) is 0 Å². The molecule has 0 spiro atoms. The maximum atomic E-state index is 5.71. The monoisotopic (exact) mass is 193 g/mol. The predicted octanol–water partition coefficient (Wildman–Crippen LogP) is 0.843. The molecule has 0 saturated carbocycles. The Bertz CT molecular complexity index is 347. The lowest BCUT2D eigenvalue weighted by molar-refractivity contribution is 0.411. The molecular formula is C10H15N3O. The summed E-state index contributed by atoms with van der Waals surface area (Å²) in [5, 5.41) is 3.90. The van der Waals surface area contributed by atoms with Crippen LogP contribution in [0, 0.1) is 6.92 Å². The Morgan fingerprint density at radius 3 is 2.71 bits per heavy atom. The number of nitrogens with one attached hydrogen (secondary N) is 1. The maximum absolute atomic E-state index is 5.71. The zero-order valence-electron chi connectivity index (χ0n) is 8.66. The van der Waals surface area contributed by atoms with E-state index in [2.05, 4.69) is 10.5 Å². The van der Waals surface area contributed by atoms with Crippen molar-refractivity contribution >= 4 is 5.84 Å². The minimum Gasteiger partial charge on any atom is -0.496 e. The largest absolute Gasteiger partial charge is 0.496 e. The molecule has 4 nitrogen and oxygen atoms in total. The summed E-state index contributed by atoms with van der Waals surface area (Å²) in [5.74, 6) is 1.32. The Morgan fingerprint density at radius 2 is 2.21 bits per heavy atom. The summed E-state index contributed by atoms with van der Waals surface area (Å²) in [7, 11) is 3.36. The molecule has 0 heterocycles. The molecule has 1 aromatic carbocycles. The number of aryl methyl sites for hydroxylation is 1. The molecule has 0 radical (unpaired) electrons. The van der Waals surface area contributed by atoms with Crippen molar-refractivity contribution in [2.45, 2.75) is 6.92 Å². The first kappa shape index (κ1) is 10.4.